The summed E-state index contributed by atoms with van der Waals surface area (Å²) in [5.74, 6) is -0.370. The number of hydrogen-bond donors (Lipinski definition) is 0. The van der Waals surface area contributed by atoms with Gasteiger partial charge in [0.25, 0.3) is 0 Å². The normalized spacial score (nSPS) is 11.6. The van der Waals surface area contributed by atoms with Gasteiger partial charge in [0.2, 0.25) is 5.75 Å². The topological polar surface area (TPSA) is 74.0 Å². The summed E-state index contributed by atoms with van der Waals surface area (Å²) in [4.78, 5) is 14.7. The molecule has 0 fully saturated rings. The van der Waals surface area contributed by atoms with Gasteiger partial charge in [0.1, 0.15) is 0 Å². The summed E-state index contributed by atoms with van der Waals surface area (Å²) in [6.07, 6.45) is -3.19. The van der Waals surface area contributed by atoms with Crippen LogP contribution in [0.2, 0.25) is 5.02 Å². The van der Waals surface area contributed by atoms with Crippen molar-refractivity contribution in [2.45, 2.75) is 13.1 Å². The minimum Gasteiger partial charge on any atom is -0.493 e. The second-order valence-corrected chi connectivity index (χ2v) is 7.07. The number of benzene rings is 3. The number of methoxy groups -OCH3 is 1. The summed E-state index contributed by atoms with van der Waals surface area (Å²) < 4.78 is 49.5. The molecule has 6 nitrogen and oxygen atoms in total. The number of ether oxygens (including phenoxy) is 2. The largest absolute Gasteiger partial charge is 0.493 e. The van der Waals surface area contributed by atoms with Crippen LogP contribution >= 0.6 is 11.6 Å². The zero-order chi connectivity index (χ0) is 23.5. The first-order valence-corrected chi connectivity index (χ1v) is 9.48. The quantitative estimate of drug-likeness (QED) is 0.221. The first-order chi connectivity index (χ1) is 15.1. The van der Waals surface area contributed by atoms with Gasteiger partial charge in [0, 0.05) is 12.3 Å². The Kier molecular flexibility index (Phi) is 6.69. The standard InChI is InChI=1S/C22H16ClF3N2O4/c1-13-3-6-16(7-4-13)27-12-14-9-17(23)21(20(10-14)31-2)32-19-8-5-15(22(24,25)26)11-18(19)28(29)30/h3-12H,1-2H3. The summed E-state index contributed by atoms with van der Waals surface area (Å²) in [6.45, 7) is 1.96. The molecule has 0 N–H and O–H groups in total. The lowest BCUT2D eigenvalue weighted by Crippen LogP contribution is -2.06. The van der Waals surface area contributed by atoms with E-state index in [4.69, 9.17) is 21.1 Å². The first-order valence-electron chi connectivity index (χ1n) is 9.10. The van der Waals surface area contributed by atoms with E-state index in [1.54, 1.807) is 6.21 Å². The maximum absolute atomic E-state index is 12.9. The highest BCUT2D eigenvalue weighted by Gasteiger charge is 2.33. The highest BCUT2D eigenvalue weighted by Crippen LogP contribution is 2.43. The Morgan fingerprint density at radius 3 is 2.34 bits per heavy atom. The van der Waals surface area contributed by atoms with Gasteiger partial charge in [-0.2, -0.15) is 13.2 Å². The Bertz CT molecular complexity index is 1180. The maximum Gasteiger partial charge on any atom is 0.416 e. The van der Waals surface area contributed by atoms with E-state index >= 15 is 0 Å². The second-order valence-electron chi connectivity index (χ2n) is 6.67. The van der Waals surface area contributed by atoms with Gasteiger partial charge in [-0.25, -0.2) is 0 Å². The predicted octanol–water partition coefficient (Wildman–Crippen LogP) is 7.13. The number of hydrogen-bond acceptors (Lipinski definition) is 5. The average Bonchev–Trinajstić information content (AvgIpc) is 2.74. The third-order valence-corrected chi connectivity index (χ3v) is 4.62. The van der Waals surface area contributed by atoms with Crippen LogP contribution in [0.5, 0.6) is 17.2 Å². The van der Waals surface area contributed by atoms with Gasteiger partial charge in [-0.3, -0.25) is 15.1 Å². The van der Waals surface area contributed by atoms with Crippen molar-refractivity contribution >= 4 is 29.2 Å². The molecule has 0 atom stereocenters. The van der Waals surface area contributed by atoms with Crippen LogP contribution in [0.15, 0.2) is 59.6 Å². The van der Waals surface area contributed by atoms with Crippen molar-refractivity contribution in [1.82, 2.24) is 0 Å². The van der Waals surface area contributed by atoms with Crippen LogP contribution in [-0.2, 0) is 6.18 Å². The monoisotopic (exact) mass is 464 g/mol. The van der Waals surface area contributed by atoms with Gasteiger partial charge in [0.15, 0.2) is 11.5 Å². The molecule has 166 valence electrons. The number of aryl methyl sites for hydroxylation is 1. The van der Waals surface area contributed by atoms with Crippen molar-refractivity contribution in [2.24, 2.45) is 4.99 Å². The lowest BCUT2D eigenvalue weighted by molar-refractivity contribution is -0.385. The van der Waals surface area contributed by atoms with Crippen LogP contribution < -0.4 is 9.47 Å². The third kappa shape index (κ3) is 5.36. The van der Waals surface area contributed by atoms with Crippen LogP contribution in [0.1, 0.15) is 16.7 Å². The van der Waals surface area contributed by atoms with Gasteiger partial charge in [-0.15, -0.1) is 0 Å². The fraction of sp³-hybridized carbons (Fsp3) is 0.136. The SMILES string of the molecule is COc1cc(C=Nc2ccc(C)cc2)cc(Cl)c1Oc1ccc(C(F)(F)F)cc1[N+](=O)[O-]. The summed E-state index contributed by atoms with van der Waals surface area (Å²) in [5.41, 5.74) is 0.334. The Morgan fingerprint density at radius 1 is 1.06 bits per heavy atom. The van der Waals surface area contributed by atoms with Crippen molar-refractivity contribution in [3.8, 4) is 17.2 Å². The fourth-order valence-corrected chi connectivity index (χ4v) is 2.98. The molecule has 3 rings (SSSR count). The lowest BCUT2D eigenvalue weighted by atomic mass is 10.1. The Hall–Kier alpha value is -3.59. The van der Waals surface area contributed by atoms with Gasteiger partial charge in [-0.05, 0) is 48.9 Å². The highest BCUT2D eigenvalue weighted by molar-refractivity contribution is 6.32. The summed E-state index contributed by atoms with van der Waals surface area (Å²) in [7, 11) is 1.33. The maximum atomic E-state index is 12.9. The van der Waals surface area contributed by atoms with Crippen LogP contribution in [0.4, 0.5) is 24.5 Å². The second kappa shape index (κ2) is 9.27. The Morgan fingerprint density at radius 2 is 1.75 bits per heavy atom. The molecular formula is C22H16ClF3N2O4. The molecule has 0 unspecified atom stereocenters. The molecule has 0 saturated carbocycles. The van der Waals surface area contributed by atoms with Crippen LogP contribution in [-0.4, -0.2) is 18.2 Å². The van der Waals surface area contributed by atoms with Crippen molar-refractivity contribution in [1.29, 1.82) is 0 Å². The number of aliphatic imine (C=N–C) groups is 1. The van der Waals surface area contributed by atoms with Crippen LogP contribution in [0.3, 0.4) is 0 Å². The number of nitro groups is 1. The van der Waals surface area contributed by atoms with E-state index in [0.717, 1.165) is 11.6 Å². The van der Waals surface area contributed by atoms with E-state index in [1.165, 1.54) is 19.2 Å². The lowest BCUT2D eigenvalue weighted by Gasteiger charge is -2.14. The Labute approximate surface area is 186 Å². The van der Waals surface area contributed by atoms with E-state index < -0.39 is 28.1 Å². The molecule has 3 aromatic carbocycles. The first kappa shape index (κ1) is 23.1. The molecule has 0 spiro atoms. The van der Waals surface area contributed by atoms with Crippen LogP contribution in [0.25, 0.3) is 0 Å². The minimum absolute atomic E-state index is 0.0314. The molecule has 3 aromatic rings. The van der Waals surface area contributed by atoms with Crippen molar-refractivity contribution < 1.29 is 27.6 Å². The third-order valence-electron chi connectivity index (χ3n) is 4.34. The molecule has 32 heavy (non-hydrogen) atoms. The number of halogens is 4. The molecule has 0 aliphatic heterocycles. The van der Waals surface area contributed by atoms with Gasteiger partial charge in [0.05, 0.1) is 28.3 Å². The fourth-order valence-electron chi connectivity index (χ4n) is 2.73. The smallest absolute Gasteiger partial charge is 0.416 e. The van der Waals surface area contributed by atoms with E-state index in [2.05, 4.69) is 4.99 Å². The van der Waals surface area contributed by atoms with E-state index in [0.29, 0.717) is 23.4 Å². The van der Waals surface area contributed by atoms with Crippen molar-refractivity contribution in [2.75, 3.05) is 7.11 Å². The minimum atomic E-state index is -4.74. The summed E-state index contributed by atoms with van der Waals surface area (Å²) >= 11 is 6.29. The number of rotatable bonds is 6. The Balaban J connectivity index is 1.95. The highest BCUT2D eigenvalue weighted by atomic mass is 35.5. The number of alkyl halides is 3. The summed E-state index contributed by atoms with van der Waals surface area (Å²) in [6, 6.07) is 12.5. The van der Waals surface area contributed by atoms with Crippen molar-refractivity contribution in [3.63, 3.8) is 0 Å². The zero-order valence-electron chi connectivity index (χ0n) is 16.8. The van der Waals surface area contributed by atoms with Gasteiger partial charge < -0.3 is 9.47 Å². The van der Waals surface area contributed by atoms with Gasteiger partial charge >= 0.3 is 11.9 Å². The summed E-state index contributed by atoms with van der Waals surface area (Å²) in [5, 5.41) is 11.3. The molecule has 0 aliphatic rings. The van der Waals surface area contributed by atoms with Crippen LogP contribution in [0, 0.1) is 17.0 Å². The molecular weight excluding hydrogens is 449 g/mol. The molecule has 0 bridgehead atoms. The molecule has 0 amide bonds. The van der Waals surface area contributed by atoms with Gasteiger partial charge in [-0.1, -0.05) is 29.3 Å². The van der Waals surface area contributed by atoms with E-state index in [-0.39, 0.29) is 16.5 Å². The van der Waals surface area contributed by atoms with E-state index in [1.807, 2.05) is 31.2 Å². The molecule has 0 saturated heterocycles. The molecule has 0 aromatic heterocycles. The molecule has 0 heterocycles. The predicted molar refractivity (Wildman–Crippen MR) is 115 cm³/mol. The zero-order valence-corrected chi connectivity index (χ0v) is 17.6. The number of nitrogens with zero attached hydrogens (tertiary/aromatic N) is 2. The van der Waals surface area contributed by atoms with E-state index in [9.17, 15) is 23.3 Å². The average molecular weight is 465 g/mol. The molecule has 0 radical (unpaired) electrons. The molecule has 10 heteroatoms. The number of nitro benzene ring substituents is 1. The van der Waals surface area contributed by atoms with Crippen molar-refractivity contribution in [3.05, 3.63) is 86.4 Å². The molecule has 0 aliphatic carbocycles.